The van der Waals surface area contributed by atoms with Crippen LogP contribution in [-0.4, -0.2) is 41.9 Å². The molecule has 148 valence electrons. The first-order valence-electron chi connectivity index (χ1n) is 9.22. The van der Waals surface area contributed by atoms with Crippen LogP contribution in [0.5, 0.6) is 0 Å². The summed E-state index contributed by atoms with van der Waals surface area (Å²) in [6.45, 7) is 6.31. The molecule has 2 N–H and O–H groups in total. The van der Waals surface area contributed by atoms with Gasteiger partial charge in [0.2, 0.25) is 10.0 Å². The summed E-state index contributed by atoms with van der Waals surface area (Å²) in [6, 6.07) is 13.7. The molecule has 1 amide bonds. The van der Waals surface area contributed by atoms with E-state index in [0.29, 0.717) is 18.8 Å². The highest BCUT2D eigenvalue weighted by atomic mass is 32.2. The molecule has 3 rings (SSSR count). The van der Waals surface area contributed by atoms with Crippen molar-refractivity contribution in [2.24, 2.45) is 0 Å². The van der Waals surface area contributed by atoms with Gasteiger partial charge < -0.3 is 5.32 Å². The number of carbonyl (C=O) groups excluding carboxylic acids is 1. The summed E-state index contributed by atoms with van der Waals surface area (Å²) in [4.78, 5) is 12.8. The molecule has 0 unspecified atom stereocenters. The van der Waals surface area contributed by atoms with E-state index in [2.05, 4.69) is 15.5 Å². The summed E-state index contributed by atoms with van der Waals surface area (Å²) in [6.07, 6.45) is 0. The molecule has 1 heterocycles. The first-order chi connectivity index (χ1) is 13.4. The minimum absolute atomic E-state index is 0.247. The zero-order valence-electron chi connectivity index (χ0n) is 16.1. The Morgan fingerprint density at radius 2 is 1.75 bits per heavy atom. The SMILES string of the molecule is CCN(CC)S(=O)(=O)c1ccc([C@@H](C)NC(=O)c2n[nH]c3ccccc23)cc1. The van der Waals surface area contributed by atoms with E-state index in [9.17, 15) is 13.2 Å². The van der Waals surface area contributed by atoms with Gasteiger partial charge in [0.15, 0.2) is 5.69 Å². The molecule has 0 saturated carbocycles. The lowest BCUT2D eigenvalue weighted by molar-refractivity contribution is 0.0936. The number of benzene rings is 2. The molecular weight excluding hydrogens is 376 g/mol. The second-order valence-corrected chi connectivity index (χ2v) is 8.41. The lowest BCUT2D eigenvalue weighted by Crippen LogP contribution is -2.30. The molecule has 3 aromatic rings. The number of aromatic amines is 1. The number of carbonyl (C=O) groups is 1. The van der Waals surface area contributed by atoms with Crippen molar-refractivity contribution in [1.29, 1.82) is 0 Å². The number of para-hydroxylation sites is 1. The molecule has 0 bridgehead atoms. The Morgan fingerprint density at radius 3 is 2.39 bits per heavy atom. The predicted molar refractivity (Wildman–Crippen MR) is 109 cm³/mol. The van der Waals surface area contributed by atoms with Gasteiger partial charge in [-0.15, -0.1) is 0 Å². The average Bonchev–Trinajstić information content (AvgIpc) is 3.13. The molecule has 0 saturated heterocycles. The van der Waals surface area contributed by atoms with Crippen molar-refractivity contribution < 1.29 is 13.2 Å². The molecule has 0 aliphatic rings. The van der Waals surface area contributed by atoms with E-state index in [0.717, 1.165) is 16.5 Å². The van der Waals surface area contributed by atoms with Crippen molar-refractivity contribution in [3.63, 3.8) is 0 Å². The van der Waals surface area contributed by atoms with Crippen LogP contribution in [-0.2, 0) is 10.0 Å². The van der Waals surface area contributed by atoms with Gasteiger partial charge in [0, 0.05) is 18.5 Å². The van der Waals surface area contributed by atoms with Gasteiger partial charge in [0.05, 0.1) is 16.5 Å². The Balaban J connectivity index is 1.76. The third-order valence-corrected chi connectivity index (χ3v) is 6.82. The molecule has 28 heavy (non-hydrogen) atoms. The summed E-state index contributed by atoms with van der Waals surface area (Å²) in [7, 11) is -3.49. The van der Waals surface area contributed by atoms with Crippen LogP contribution in [0.15, 0.2) is 53.4 Å². The molecule has 0 aliphatic carbocycles. The van der Waals surface area contributed by atoms with Crippen molar-refractivity contribution in [2.75, 3.05) is 13.1 Å². The standard InChI is InChI=1S/C20H24N4O3S/c1-4-24(5-2)28(26,27)16-12-10-15(11-13-16)14(3)21-20(25)19-17-8-6-7-9-18(17)22-23-19/h6-14H,4-5H2,1-3H3,(H,21,25)(H,22,23)/t14-/m1/s1. The quantitative estimate of drug-likeness (QED) is 0.637. The predicted octanol–water partition coefficient (Wildman–Crippen LogP) is 3.08. The van der Waals surface area contributed by atoms with Crippen LogP contribution in [0.25, 0.3) is 10.9 Å². The molecular formula is C20H24N4O3S. The van der Waals surface area contributed by atoms with Gasteiger partial charge in [-0.25, -0.2) is 8.42 Å². The van der Waals surface area contributed by atoms with E-state index in [1.54, 1.807) is 24.3 Å². The molecule has 8 heteroatoms. The lowest BCUT2D eigenvalue weighted by Gasteiger charge is -2.19. The second-order valence-electron chi connectivity index (χ2n) is 6.47. The van der Waals surface area contributed by atoms with Crippen LogP contribution in [0.3, 0.4) is 0 Å². The Labute approximate surface area is 164 Å². The maximum absolute atomic E-state index is 12.6. The van der Waals surface area contributed by atoms with Gasteiger partial charge in [0.1, 0.15) is 0 Å². The Bertz CT molecular complexity index is 1070. The lowest BCUT2D eigenvalue weighted by atomic mass is 10.1. The average molecular weight is 401 g/mol. The first-order valence-corrected chi connectivity index (χ1v) is 10.7. The van der Waals surface area contributed by atoms with E-state index in [1.165, 1.54) is 4.31 Å². The van der Waals surface area contributed by atoms with Crippen LogP contribution in [0, 0.1) is 0 Å². The van der Waals surface area contributed by atoms with E-state index >= 15 is 0 Å². The minimum atomic E-state index is -3.49. The number of hydrogen-bond donors (Lipinski definition) is 2. The van der Waals surface area contributed by atoms with Crippen LogP contribution < -0.4 is 5.32 Å². The fraction of sp³-hybridized carbons (Fsp3) is 0.300. The van der Waals surface area contributed by atoms with Gasteiger partial charge in [-0.3, -0.25) is 9.89 Å². The van der Waals surface area contributed by atoms with Crippen molar-refractivity contribution >= 4 is 26.8 Å². The topological polar surface area (TPSA) is 95.2 Å². The number of amides is 1. The number of aromatic nitrogens is 2. The molecule has 0 fully saturated rings. The fourth-order valence-corrected chi connectivity index (χ4v) is 4.58. The first kappa shape index (κ1) is 20.0. The molecule has 7 nitrogen and oxygen atoms in total. The van der Waals surface area contributed by atoms with Crippen LogP contribution in [0.2, 0.25) is 0 Å². The monoisotopic (exact) mass is 400 g/mol. The number of hydrogen-bond acceptors (Lipinski definition) is 4. The third-order valence-electron chi connectivity index (χ3n) is 4.76. The molecule has 0 spiro atoms. The molecule has 2 aromatic carbocycles. The summed E-state index contributed by atoms with van der Waals surface area (Å²) in [5.74, 6) is -0.287. The van der Waals surface area contributed by atoms with Gasteiger partial charge in [0.25, 0.3) is 5.91 Å². The summed E-state index contributed by atoms with van der Waals surface area (Å²) < 4.78 is 26.6. The van der Waals surface area contributed by atoms with Crippen molar-refractivity contribution in [3.05, 3.63) is 59.8 Å². The normalized spacial score (nSPS) is 13.0. The summed E-state index contributed by atoms with van der Waals surface area (Å²) in [5, 5.41) is 10.6. The Hall–Kier alpha value is -2.71. The van der Waals surface area contributed by atoms with Crippen LogP contribution in [0.1, 0.15) is 42.9 Å². The maximum Gasteiger partial charge on any atom is 0.272 e. The van der Waals surface area contributed by atoms with Crippen LogP contribution in [0.4, 0.5) is 0 Å². The van der Waals surface area contributed by atoms with Crippen LogP contribution >= 0.6 is 0 Å². The molecule has 0 radical (unpaired) electrons. The minimum Gasteiger partial charge on any atom is -0.344 e. The largest absolute Gasteiger partial charge is 0.344 e. The maximum atomic E-state index is 12.6. The van der Waals surface area contributed by atoms with E-state index in [-0.39, 0.29) is 16.8 Å². The van der Waals surface area contributed by atoms with E-state index in [4.69, 9.17) is 0 Å². The van der Waals surface area contributed by atoms with Gasteiger partial charge in [-0.1, -0.05) is 44.2 Å². The van der Waals surface area contributed by atoms with Crippen molar-refractivity contribution in [1.82, 2.24) is 19.8 Å². The molecule has 1 atom stereocenters. The van der Waals surface area contributed by atoms with Crippen molar-refractivity contribution in [3.8, 4) is 0 Å². The Morgan fingerprint density at radius 1 is 1.11 bits per heavy atom. The summed E-state index contributed by atoms with van der Waals surface area (Å²) in [5.41, 5.74) is 1.95. The highest BCUT2D eigenvalue weighted by Crippen LogP contribution is 2.21. The highest BCUT2D eigenvalue weighted by molar-refractivity contribution is 7.89. The fourth-order valence-electron chi connectivity index (χ4n) is 3.13. The zero-order chi connectivity index (χ0) is 20.3. The van der Waals surface area contributed by atoms with Gasteiger partial charge in [-0.05, 0) is 30.7 Å². The smallest absolute Gasteiger partial charge is 0.272 e. The number of nitrogens with zero attached hydrogens (tertiary/aromatic N) is 2. The Kier molecular flexibility index (Phi) is 5.81. The number of H-pyrrole nitrogens is 1. The molecule has 1 aromatic heterocycles. The van der Waals surface area contributed by atoms with E-state index < -0.39 is 10.0 Å². The number of fused-ring (bicyclic) bond motifs is 1. The molecule has 0 aliphatic heterocycles. The summed E-state index contributed by atoms with van der Waals surface area (Å²) >= 11 is 0. The highest BCUT2D eigenvalue weighted by Gasteiger charge is 2.22. The van der Waals surface area contributed by atoms with Gasteiger partial charge in [-0.2, -0.15) is 9.40 Å². The number of sulfonamides is 1. The second kappa shape index (κ2) is 8.12. The third kappa shape index (κ3) is 3.79. The number of rotatable bonds is 7. The zero-order valence-corrected chi connectivity index (χ0v) is 17.0. The van der Waals surface area contributed by atoms with Gasteiger partial charge >= 0.3 is 0 Å². The number of nitrogens with one attached hydrogen (secondary N) is 2. The van der Waals surface area contributed by atoms with E-state index in [1.807, 2.05) is 45.0 Å². The van der Waals surface area contributed by atoms with Crippen molar-refractivity contribution in [2.45, 2.75) is 31.7 Å².